The van der Waals surface area contributed by atoms with Crippen LogP contribution >= 0.6 is 0 Å². The summed E-state index contributed by atoms with van der Waals surface area (Å²) >= 11 is 0. The third kappa shape index (κ3) is 4.22. The van der Waals surface area contributed by atoms with E-state index in [1.54, 1.807) is 7.11 Å². The largest absolute Gasteiger partial charge is 0.497 e. The molecule has 0 radical (unpaired) electrons. The molecule has 0 bridgehead atoms. The van der Waals surface area contributed by atoms with Gasteiger partial charge < -0.3 is 4.74 Å². The van der Waals surface area contributed by atoms with Gasteiger partial charge in [-0.1, -0.05) is 31.9 Å². The van der Waals surface area contributed by atoms with Crippen molar-refractivity contribution in [1.29, 1.82) is 0 Å². The van der Waals surface area contributed by atoms with Crippen molar-refractivity contribution in [3.63, 3.8) is 0 Å². The molecule has 1 aliphatic rings. The number of ether oxygens (including phenoxy) is 1. The molecule has 3 heteroatoms. The molecule has 1 saturated carbocycles. The molecule has 1 aliphatic carbocycles. The second-order valence-electron chi connectivity index (χ2n) is 6.18. The lowest BCUT2D eigenvalue weighted by atomic mass is 9.78. The molecule has 0 amide bonds. The first-order valence-corrected chi connectivity index (χ1v) is 7.82. The zero-order valence-electron chi connectivity index (χ0n) is 12.8. The van der Waals surface area contributed by atoms with Crippen LogP contribution in [0, 0.1) is 11.8 Å². The van der Waals surface area contributed by atoms with Crippen LogP contribution in [0.15, 0.2) is 24.3 Å². The van der Waals surface area contributed by atoms with E-state index < -0.39 is 0 Å². The fraction of sp³-hybridized carbons (Fsp3) is 0.647. The minimum absolute atomic E-state index is 0.449. The van der Waals surface area contributed by atoms with Gasteiger partial charge >= 0.3 is 0 Å². The smallest absolute Gasteiger partial charge is 0.118 e. The SMILES string of the molecule is COc1ccc(CCC(NN)C2CCC(C)CC2)cc1. The summed E-state index contributed by atoms with van der Waals surface area (Å²) in [7, 11) is 1.70. The molecule has 1 atom stereocenters. The Balaban J connectivity index is 1.83. The van der Waals surface area contributed by atoms with Gasteiger partial charge in [-0.15, -0.1) is 0 Å². The van der Waals surface area contributed by atoms with Gasteiger partial charge in [-0.2, -0.15) is 0 Å². The number of benzene rings is 1. The molecule has 1 fully saturated rings. The van der Waals surface area contributed by atoms with Crippen LogP contribution in [-0.4, -0.2) is 13.2 Å². The van der Waals surface area contributed by atoms with E-state index in [4.69, 9.17) is 10.6 Å². The van der Waals surface area contributed by atoms with Crippen LogP contribution in [0.3, 0.4) is 0 Å². The second kappa shape index (κ2) is 7.65. The van der Waals surface area contributed by atoms with Gasteiger partial charge in [-0.25, -0.2) is 0 Å². The van der Waals surface area contributed by atoms with Gasteiger partial charge in [0, 0.05) is 6.04 Å². The number of nitrogens with two attached hydrogens (primary N) is 1. The zero-order chi connectivity index (χ0) is 14.4. The molecule has 1 aromatic rings. The Morgan fingerprint density at radius 3 is 2.40 bits per heavy atom. The van der Waals surface area contributed by atoms with E-state index >= 15 is 0 Å². The molecule has 20 heavy (non-hydrogen) atoms. The number of aryl methyl sites for hydroxylation is 1. The van der Waals surface area contributed by atoms with Crippen LogP contribution < -0.4 is 16.0 Å². The molecule has 0 spiro atoms. The van der Waals surface area contributed by atoms with Crippen molar-refractivity contribution in [3.05, 3.63) is 29.8 Å². The molecular weight excluding hydrogens is 248 g/mol. The van der Waals surface area contributed by atoms with E-state index in [0.717, 1.165) is 30.4 Å². The zero-order valence-corrected chi connectivity index (χ0v) is 12.8. The summed E-state index contributed by atoms with van der Waals surface area (Å²) in [6.45, 7) is 2.36. The van der Waals surface area contributed by atoms with Crippen LogP contribution in [-0.2, 0) is 6.42 Å². The Morgan fingerprint density at radius 1 is 1.20 bits per heavy atom. The predicted octanol–water partition coefficient (Wildman–Crippen LogP) is 3.29. The van der Waals surface area contributed by atoms with Gasteiger partial charge in [-0.3, -0.25) is 11.3 Å². The maximum absolute atomic E-state index is 5.78. The Morgan fingerprint density at radius 2 is 1.85 bits per heavy atom. The van der Waals surface area contributed by atoms with E-state index in [9.17, 15) is 0 Å². The minimum atomic E-state index is 0.449. The van der Waals surface area contributed by atoms with Crippen molar-refractivity contribution in [2.45, 2.75) is 51.5 Å². The molecule has 0 aromatic heterocycles. The van der Waals surface area contributed by atoms with Crippen LogP contribution in [0.25, 0.3) is 0 Å². The molecule has 3 N–H and O–H groups in total. The Labute approximate surface area is 122 Å². The predicted molar refractivity (Wildman–Crippen MR) is 83.5 cm³/mol. The quantitative estimate of drug-likeness (QED) is 0.619. The highest BCUT2D eigenvalue weighted by atomic mass is 16.5. The fourth-order valence-electron chi connectivity index (χ4n) is 3.26. The van der Waals surface area contributed by atoms with Crippen molar-refractivity contribution in [2.75, 3.05) is 7.11 Å². The summed E-state index contributed by atoms with van der Waals surface area (Å²) in [4.78, 5) is 0. The van der Waals surface area contributed by atoms with Crippen molar-refractivity contribution in [3.8, 4) is 5.75 Å². The summed E-state index contributed by atoms with van der Waals surface area (Å²) < 4.78 is 5.19. The van der Waals surface area contributed by atoms with Crippen molar-refractivity contribution in [2.24, 2.45) is 17.7 Å². The molecule has 0 saturated heterocycles. The summed E-state index contributed by atoms with van der Waals surface area (Å²) in [5.41, 5.74) is 4.41. The van der Waals surface area contributed by atoms with Gasteiger partial charge in [0.25, 0.3) is 0 Å². The van der Waals surface area contributed by atoms with Gasteiger partial charge in [0.15, 0.2) is 0 Å². The molecule has 1 unspecified atom stereocenters. The van der Waals surface area contributed by atoms with Crippen LogP contribution in [0.5, 0.6) is 5.75 Å². The number of hydrogen-bond acceptors (Lipinski definition) is 3. The topological polar surface area (TPSA) is 47.3 Å². The van der Waals surface area contributed by atoms with E-state index in [2.05, 4.69) is 24.5 Å². The minimum Gasteiger partial charge on any atom is -0.497 e. The average molecular weight is 276 g/mol. The summed E-state index contributed by atoms with van der Waals surface area (Å²) in [5, 5.41) is 0. The Bertz CT molecular complexity index is 382. The monoisotopic (exact) mass is 276 g/mol. The first-order chi connectivity index (χ1) is 9.72. The van der Waals surface area contributed by atoms with E-state index in [0.29, 0.717) is 6.04 Å². The molecule has 1 aromatic carbocycles. The summed E-state index contributed by atoms with van der Waals surface area (Å²) in [6, 6.07) is 8.81. The lowest BCUT2D eigenvalue weighted by molar-refractivity contribution is 0.223. The maximum atomic E-state index is 5.78. The van der Waals surface area contributed by atoms with E-state index in [1.807, 2.05) is 12.1 Å². The van der Waals surface area contributed by atoms with Gasteiger partial charge in [-0.05, 0) is 55.2 Å². The highest BCUT2D eigenvalue weighted by molar-refractivity contribution is 5.27. The van der Waals surface area contributed by atoms with Crippen LogP contribution in [0.4, 0.5) is 0 Å². The molecule has 3 nitrogen and oxygen atoms in total. The highest BCUT2D eigenvalue weighted by Crippen LogP contribution is 2.31. The molecule has 2 rings (SSSR count). The molecular formula is C17H28N2O. The lowest BCUT2D eigenvalue weighted by Gasteiger charge is -2.32. The fourth-order valence-corrected chi connectivity index (χ4v) is 3.26. The standard InChI is InChI=1S/C17H28N2O/c1-13-3-8-15(9-4-13)17(19-18)12-7-14-5-10-16(20-2)11-6-14/h5-6,10-11,13,15,17,19H,3-4,7-9,12,18H2,1-2H3. The number of nitrogens with one attached hydrogen (secondary N) is 1. The number of hydrazine groups is 1. The van der Waals surface area contributed by atoms with Gasteiger partial charge in [0.1, 0.15) is 5.75 Å². The third-order valence-corrected chi connectivity index (χ3v) is 4.75. The second-order valence-corrected chi connectivity index (χ2v) is 6.18. The lowest BCUT2D eigenvalue weighted by Crippen LogP contribution is -2.42. The first kappa shape index (κ1) is 15.3. The summed E-state index contributed by atoms with van der Waals surface area (Å²) in [6.07, 6.45) is 7.53. The van der Waals surface area contributed by atoms with Crippen LogP contribution in [0.1, 0.15) is 44.6 Å². The third-order valence-electron chi connectivity index (χ3n) is 4.75. The van der Waals surface area contributed by atoms with E-state index in [1.165, 1.54) is 31.2 Å². The van der Waals surface area contributed by atoms with Crippen LogP contribution in [0.2, 0.25) is 0 Å². The highest BCUT2D eigenvalue weighted by Gasteiger charge is 2.25. The molecule has 0 aliphatic heterocycles. The summed E-state index contributed by atoms with van der Waals surface area (Å²) in [5.74, 6) is 8.34. The van der Waals surface area contributed by atoms with Crippen molar-refractivity contribution >= 4 is 0 Å². The van der Waals surface area contributed by atoms with Crippen molar-refractivity contribution < 1.29 is 4.74 Å². The number of hydrogen-bond donors (Lipinski definition) is 2. The maximum Gasteiger partial charge on any atom is 0.118 e. The Kier molecular flexibility index (Phi) is 5.86. The van der Waals surface area contributed by atoms with Gasteiger partial charge in [0.2, 0.25) is 0 Å². The Hall–Kier alpha value is -1.06. The molecule has 112 valence electrons. The first-order valence-electron chi connectivity index (χ1n) is 7.82. The number of rotatable bonds is 6. The number of methoxy groups -OCH3 is 1. The van der Waals surface area contributed by atoms with E-state index in [-0.39, 0.29) is 0 Å². The van der Waals surface area contributed by atoms with Crippen molar-refractivity contribution in [1.82, 2.24) is 5.43 Å². The normalized spacial score (nSPS) is 24.4. The average Bonchev–Trinajstić information content (AvgIpc) is 2.50. The molecule has 0 heterocycles. The van der Waals surface area contributed by atoms with Gasteiger partial charge in [0.05, 0.1) is 7.11 Å².